The Kier molecular flexibility index (Phi) is 8.50. The number of methoxy groups -OCH3 is 1. The lowest BCUT2D eigenvalue weighted by Crippen LogP contribution is -2.04. The van der Waals surface area contributed by atoms with Gasteiger partial charge in [-0.05, 0) is 6.42 Å². The number of ether oxygens (including phenoxy) is 1. The van der Waals surface area contributed by atoms with Crippen LogP contribution in [0.1, 0.15) is 6.42 Å². The van der Waals surface area contributed by atoms with Gasteiger partial charge >= 0.3 is 0 Å². The Morgan fingerprint density at radius 3 is 2.55 bits per heavy atom. The van der Waals surface area contributed by atoms with Gasteiger partial charge < -0.3 is 14.2 Å². The average Bonchev–Trinajstić information content (AvgIpc) is 1.99. The van der Waals surface area contributed by atoms with Crippen molar-refractivity contribution in [1.82, 2.24) is 0 Å². The Bertz CT molecular complexity index is 81.3. The van der Waals surface area contributed by atoms with Gasteiger partial charge in [-0.3, -0.25) is 0 Å². The lowest BCUT2D eigenvalue weighted by molar-refractivity contribution is -0.276. The first-order valence-electron chi connectivity index (χ1n) is 3.11. The molecule has 0 rings (SSSR count). The van der Waals surface area contributed by atoms with Crippen LogP contribution in [0, 0.1) is 0 Å². The van der Waals surface area contributed by atoms with E-state index in [1.807, 2.05) is 0 Å². The van der Waals surface area contributed by atoms with E-state index < -0.39 is 8.60 Å². The van der Waals surface area contributed by atoms with Gasteiger partial charge in [0.2, 0.25) is 0 Å². The molecule has 1 atom stereocenters. The fourth-order valence-electron chi connectivity index (χ4n) is 0.425. The molecule has 6 heteroatoms. The topological polar surface area (TPSA) is 60.0 Å². The second-order valence-electron chi connectivity index (χ2n) is 1.64. The van der Waals surface area contributed by atoms with E-state index in [-0.39, 0.29) is 0 Å². The summed E-state index contributed by atoms with van der Waals surface area (Å²) in [6.07, 6.45) is 0.685. The summed E-state index contributed by atoms with van der Waals surface area (Å²) in [5.41, 5.74) is 0. The van der Waals surface area contributed by atoms with Crippen molar-refractivity contribution < 1.29 is 23.7 Å². The van der Waals surface area contributed by atoms with Gasteiger partial charge in [-0.25, -0.2) is 9.56 Å². The third-order valence-electron chi connectivity index (χ3n) is 0.825. The predicted molar refractivity (Wildman–Crippen MR) is 37.5 cm³/mol. The van der Waals surface area contributed by atoms with Gasteiger partial charge in [-0.15, -0.1) is 0 Å². The minimum Gasteiger partial charge on any atom is -0.784 e. The summed E-state index contributed by atoms with van der Waals surface area (Å²) in [4.78, 5) is 14.7. The molecule has 68 valence electrons. The smallest absolute Gasteiger partial charge is 0.125 e. The van der Waals surface area contributed by atoms with Crippen LogP contribution in [0.2, 0.25) is 0 Å². The highest BCUT2D eigenvalue weighted by molar-refractivity contribution is 7.38. The van der Waals surface area contributed by atoms with E-state index in [1.54, 1.807) is 7.11 Å². The maximum absolute atomic E-state index is 10.5. The van der Waals surface area contributed by atoms with Crippen LogP contribution in [0.15, 0.2) is 0 Å². The highest BCUT2D eigenvalue weighted by atomic mass is 31.2. The van der Waals surface area contributed by atoms with Crippen LogP contribution in [0.3, 0.4) is 0 Å². The fourth-order valence-corrected chi connectivity index (χ4v) is 0.868. The van der Waals surface area contributed by atoms with Gasteiger partial charge in [0, 0.05) is 13.7 Å². The third-order valence-corrected chi connectivity index (χ3v) is 1.49. The van der Waals surface area contributed by atoms with E-state index in [4.69, 9.17) is 4.74 Å². The predicted octanol–water partition coefficient (Wildman–Crippen LogP) is 0.205. The highest BCUT2D eigenvalue weighted by Gasteiger charge is 1.93. The molecule has 1 unspecified atom stereocenters. The Hall–Kier alpha value is 0.230. The summed E-state index contributed by atoms with van der Waals surface area (Å²) >= 11 is 0. The molecule has 0 saturated carbocycles. The molecule has 0 spiro atoms. The van der Waals surface area contributed by atoms with Crippen LogP contribution in [0.5, 0.6) is 0 Å². The van der Waals surface area contributed by atoms with Gasteiger partial charge in [0.05, 0.1) is 13.7 Å². The molecule has 0 heterocycles. The lowest BCUT2D eigenvalue weighted by atomic mass is 10.5. The summed E-state index contributed by atoms with van der Waals surface area (Å²) < 4.78 is 13.6. The zero-order chi connectivity index (χ0) is 8.53. The van der Waals surface area contributed by atoms with Crippen molar-refractivity contribution in [1.29, 1.82) is 0 Å². The molecular formula is C5H12O5P-. The van der Waals surface area contributed by atoms with E-state index in [0.29, 0.717) is 19.6 Å². The number of rotatable bonds is 7. The first-order chi connectivity index (χ1) is 5.31. The number of hydrogen-bond acceptors (Lipinski definition) is 5. The average molecular weight is 183 g/mol. The second kappa shape index (κ2) is 8.33. The monoisotopic (exact) mass is 183 g/mol. The van der Waals surface area contributed by atoms with Crippen molar-refractivity contribution in [2.45, 2.75) is 6.42 Å². The maximum Gasteiger partial charge on any atom is 0.125 e. The molecule has 0 N–H and O–H groups in total. The minimum atomic E-state index is -2.13. The Morgan fingerprint density at radius 2 is 2.00 bits per heavy atom. The summed E-state index contributed by atoms with van der Waals surface area (Å²) in [5.74, 6) is 0. The summed E-state index contributed by atoms with van der Waals surface area (Å²) in [7, 11) is 0.733. The van der Waals surface area contributed by atoms with Crippen LogP contribution >= 0.6 is 8.60 Å². The van der Waals surface area contributed by atoms with Crippen molar-refractivity contribution in [2.24, 2.45) is 0 Å². The van der Waals surface area contributed by atoms with Gasteiger partial charge in [0.1, 0.15) is 8.60 Å². The molecule has 5 nitrogen and oxygen atoms in total. The van der Waals surface area contributed by atoms with Gasteiger partial charge in [0.25, 0.3) is 0 Å². The second-order valence-corrected chi connectivity index (χ2v) is 2.50. The summed E-state index contributed by atoms with van der Waals surface area (Å²) in [5, 5.41) is 0. The van der Waals surface area contributed by atoms with E-state index >= 15 is 0 Å². The third kappa shape index (κ3) is 8.13. The van der Waals surface area contributed by atoms with Gasteiger partial charge in [-0.2, -0.15) is 0 Å². The Balaban J connectivity index is 2.97. The van der Waals surface area contributed by atoms with Crippen molar-refractivity contribution in [3.05, 3.63) is 0 Å². The summed E-state index contributed by atoms with van der Waals surface area (Å²) in [6.45, 7) is 0.919. The minimum absolute atomic E-state index is 0.340. The van der Waals surface area contributed by atoms with E-state index in [9.17, 15) is 4.89 Å². The molecule has 0 aromatic carbocycles. The SMILES string of the molecule is COCCCOP([O-])OOC. The maximum atomic E-state index is 10.5. The molecule has 0 bridgehead atoms. The molecule has 0 aromatic heterocycles. The molecule has 11 heavy (non-hydrogen) atoms. The largest absolute Gasteiger partial charge is 0.784 e. The van der Waals surface area contributed by atoms with Crippen molar-refractivity contribution in [3.8, 4) is 0 Å². The lowest BCUT2D eigenvalue weighted by Gasteiger charge is -2.18. The fraction of sp³-hybridized carbons (Fsp3) is 1.00. The molecule has 0 aliphatic carbocycles. The molecule has 0 amide bonds. The van der Waals surface area contributed by atoms with E-state index in [1.165, 1.54) is 7.11 Å². The first-order valence-corrected chi connectivity index (χ1v) is 4.20. The van der Waals surface area contributed by atoms with Crippen LogP contribution in [-0.2, 0) is 18.8 Å². The Labute approximate surface area is 67.1 Å². The van der Waals surface area contributed by atoms with Crippen LogP contribution in [0.4, 0.5) is 0 Å². The highest BCUT2D eigenvalue weighted by Crippen LogP contribution is 2.27. The molecule has 0 fully saturated rings. The van der Waals surface area contributed by atoms with Crippen LogP contribution < -0.4 is 4.89 Å². The molecule has 0 saturated heterocycles. The number of hydrogen-bond donors (Lipinski definition) is 0. The van der Waals surface area contributed by atoms with Gasteiger partial charge in [0.15, 0.2) is 0 Å². The zero-order valence-corrected chi connectivity index (χ0v) is 7.50. The standard InChI is InChI=1S/C5H12O5P/c1-7-4-3-5-9-11(6)10-8-2/h3-5H2,1-2H3/q-1. The van der Waals surface area contributed by atoms with Crippen LogP contribution in [-0.4, -0.2) is 27.4 Å². The molecule has 0 aliphatic heterocycles. The molecular weight excluding hydrogens is 171 g/mol. The normalized spacial score (nSPS) is 13.4. The summed E-state index contributed by atoms with van der Waals surface area (Å²) in [6, 6.07) is 0. The van der Waals surface area contributed by atoms with Crippen molar-refractivity contribution >= 4 is 8.60 Å². The van der Waals surface area contributed by atoms with E-state index in [2.05, 4.69) is 14.1 Å². The first kappa shape index (κ1) is 11.2. The molecule has 0 radical (unpaired) electrons. The van der Waals surface area contributed by atoms with Crippen LogP contribution in [0.25, 0.3) is 0 Å². The zero-order valence-electron chi connectivity index (χ0n) is 6.61. The van der Waals surface area contributed by atoms with E-state index in [0.717, 1.165) is 0 Å². The molecule has 0 aliphatic rings. The molecule has 0 aromatic rings. The Morgan fingerprint density at radius 1 is 1.27 bits per heavy atom. The van der Waals surface area contributed by atoms with Crippen molar-refractivity contribution in [3.63, 3.8) is 0 Å². The van der Waals surface area contributed by atoms with Gasteiger partial charge in [-0.1, -0.05) is 0 Å². The quantitative estimate of drug-likeness (QED) is 0.244. The van der Waals surface area contributed by atoms with Crippen molar-refractivity contribution in [2.75, 3.05) is 27.4 Å².